The average molecular weight is 454 g/mol. The fourth-order valence-electron chi connectivity index (χ4n) is 4.13. The molecule has 0 radical (unpaired) electrons. The summed E-state index contributed by atoms with van der Waals surface area (Å²) in [4.78, 5) is 31.9. The highest BCUT2D eigenvalue weighted by atomic mass is 35.5. The molecule has 0 aliphatic carbocycles. The summed E-state index contributed by atoms with van der Waals surface area (Å²) in [5.41, 5.74) is 1.75. The van der Waals surface area contributed by atoms with Crippen molar-refractivity contribution in [2.75, 3.05) is 18.4 Å². The van der Waals surface area contributed by atoms with E-state index in [0.29, 0.717) is 22.9 Å². The third-order valence-electron chi connectivity index (χ3n) is 5.94. The number of halogens is 1. The molecule has 0 bridgehead atoms. The van der Waals surface area contributed by atoms with E-state index in [-0.39, 0.29) is 11.7 Å². The number of thiazole rings is 1. The number of piperidine rings is 1. The van der Waals surface area contributed by atoms with Gasteiger partial charge < -0.3 is 5.32 Å². The maximum absolute atomic E-state index is 12.6. The predicted molar refractivity (Wildman–Crippen MR) is 125 cm³/mol. The molecule has 160 valence electrons. The molecule has 1 aromatic heterocycles. The van der Waals surface area contributed by atoms with Crippen molar-refractivity contribution in [2.24, 2.45) is 0 Å². The van der Waals surface area contributed by atoms with Crippen LogP contribution in [0.3, 0.4) is 0 Å². The summed E-state index contributed by atoms with van der Waals surface area (Å²) in [6.45, 7) is 4.02. The summed E-state index contributed by atoms with van der Waals surface area (Å²) < 4.78 is 0. The third kappa shape index (κ3) is 4.87. The first-order valence-electron chi connectivity index (χ1n) is 10.3. The number of ketones is 1. The van der Waals surface area contributed by atoms with Crippen LogP contribution in [0.2, 0.25) is 5.02 Å². The number of carbonyl (C=O) groups is 2. The highest BCUT2D eigenvalue weighted by Gasteiger charge is 2.40. The number of nitrogens with zero attached hydrogens (tertiary/aromatic N) is 2. The first-order valence-corrected chi connectivity index (χ1v) is 11.5. The molecule has 4 rings (SSSR count). The summed E-state index contributed by atoms with van der Waals surface area (Å²) in [6, 6.07) is 17.1. The molecule has 0 spiro atoms. The summed E-state index contributed by atoms with van der Waals surface area (Å²) in [7, 11) is 0. The Morgan fingerprint density at radius 2 is 1.87 bits per heavy atom. The Morgan fingerprint density at radius 3 is 2.55 bits per heavy atom. The fraction of sp³-hybridized carbons (Fsp3) is 0.292. The van der Waals surface area contributed by atoms with Gasteiger partial charge in [0.15, 0.2) is 0 Å². The summed E-state index contributed by atoms with van der Waals surface area (Å²) >= 11 is 7.46. The first-order chi connectivity index (χ1) is 15.0. The fourth-order valence-corrected chi connectivity index (χ4v) is 5.14. The third-order valence-corrected chi connectivity index (χ3v) is 7.00. The van der Waals surface area contributed by atoms with Crippen LogP contribution in [0.25, 0.3) is 0 Å². The standard InChI is InChI=1S/C24H24ClN3O2S/c1-17(29)24(18-6-3-2-4-7-18)10-12-28(13-11-24)15-22-27-21(16-31-22)23(30)26-20-9-5-8-19(25)14-20/h2-9,14,16H,10-13,15H2,1H3,(H,26,30). The van der Waals surface area contributed by atoms with Gasteiger partial charge in [-0.15, -0.1) is 11.3 Å². The van der Waals surface area contributed by atoms with Gasteiger partial charge in [0.1, 0.15) is 16.5 Å². The van der Waals surface area contributed by atoms with Crippen LogP contribution in [0.1, 0.15) is 40.8 Å². The van der Waals surface area contributed by atoms with Crippen LogP contribution < -0.4 is 5.32 Å². The van der Waals surface area contributed by atoms with Crippen LogP contribution in [0.15, 0.2) is 60.0 Å². The first kappa shape index (κ1) is 21.7. The zero-order valence-corrected chi connectivity index (χ0v) is 18.9. The van der Waals surface area contributed by atoms with Crippen molar-refractivity contribution in [1.29, 1.82) is 0 Å². The second-order valence-corrected chi connectivity index (χ2v) is 9.25. The molecule has 0 unspecified atom stereocenters. The molecular weight excluding hydrogens is 430 g/mol. The van der Waals surface area contributed by atoms with Gasteiger partial charge in [0.25, 0.3) is 5.91 Å². The Kier molecular flexibility index (Phi) is 6.51. The van der Waals surface area contributed by atoms with Crippen LogP contribution in [-0.4, -0.2) is 34.7 Å². The molecule has 1 saturated heterocycles. The van der Waals surface area contributed by atoms with Gasteiger partial charge in [-0.2, -0.15) is 0 Å². The average Bonchev–Trinajstić information content (AvgIpc) is 3.23. The number of likely N-dealkylation sites (tertiary alicyclic amines) is 1. The Labute approximate surface area is 191 Å². The second-order valence-electron chi connectivity index (χ2n) is 7.87. The van der Waals surface area contributed by atoms with Crippen molar-refractivity contribution >= 4 is 40.3 Å². The molecule has 1 aliphatic rings. The van der Waals surface area contributed by atoms with Gasteiger partial charge in [-0.1, -0.05) is 48.0 Å². The molecule has 1 N–H and O–H groups in total. The van der Waals surface area contributed by atoms with E-state index in [2.05, 4.69) is 27.3 Å². The van der Waals surface area contributed by atoms with E-state index in [0.717, 1.165) is 36.5 Å². The lowest BCUT2D eigenvalue weighted by Gasteiger charge is -2.40. The van der Waals surface area contributed by atoms with E-state index in [1.54, 1.807) is 36.6 Å². The number of carbonyl (C=O) groups excluding carboxylic acids is 2. The van der Waals surface area contributed by atoms with E-state index in [9.17, 15) is 9.59 Å². The number of nitrogens with one attached hydrogen (secondary N) is 1. The number of anilines is 1. The zero-order valence-electron chi connectivity index (χ0n) is 17.3. The predicted octanol–water partition coefficient (Wildman–Crippen LogP) is 5.17. The zero-order chi connectivity index (χ0) is 21.8. The maximum Gasteiger partial charge on any atom is 0.275 e. The van der Waals surface area contributed by atoms with E-state index < -0.39 is 5.41 Å². The number of hydrogen-bond donors (Lipinski definition) is 1. The topological polar surface area (TPSA) is 62.3 Å². The monoisotopic (exact) mass is 453 g/mol. The number of Topliss-reactive ketones (excluding diaryl/α,β-unsaturated/α-hetero) is 1. The van der Waals surface area contributed by atoms with E-state index in [1.165, 1.54) is 11.3 Å². The Hall–Kier alpha value is -2.54. The number of rotatable bonds is 6. The van der Waals surface area contributed by atoms with Gasteiger partial charge in [0, 0.05) is 16.1 Å². The minimum atomic E-state index is -0.400. The minimum absolute atomic E-state index is 0.229. The van der Waals surface area contributed by atoms with Crippen molar-refractivity contribution in [3.8, 4) is 0 Å². The van der Waals surface area contributed by atoms with E-state index in [1.807, 2.05) is 18.2 Å². The van der Waals surface area contributed by atoms with Crippen molar-refractivity contribution in [3.63, 3.8) is 0 Å². The molecule has 1 amide bonds. The number of benzene rings is 2. The molecule has 5 nitrogen and oxygen atoms in total. The van der Waals surface area contributed by atoms with Gasteiger partial charge in [-0.3, -0.25) is 14.5 Å². The molecular formula is C24H24ClN3O2S. The molecule has 1 aliphatic heterocycles. The van der Waals surface area contributed by atoms with Crippen molar-refractivity contribution < 1.29 is 9.59 Å². The van der Waals surface area contributed by atoms with Gasteiger partial charge in [-0.25, -0.2) is 4.98 Å². The van der Waals surface area contributed by atoms with Gasteiger partial charge >= 0.3 is 0 Å². The summed E-state index contributed by atoms with van der Waals surface area (Å²) in [5.74, 6) is -0.0179. The van der Waals surface area contributed by atoms with Crippen LogP contribution in [-0.2, 0) is 16.8 Å². The molecule has 0 atom stereocenters. The molecule has 7 heteroatoms. The van der Waals surface area contributed by atoms with Crippen molar-refractivity contribution in [1.82, 2.24) is 9.88 Å². The highest BCUT2D eigenvalue weighted by Crippen LogP contribution is 2.37. The number of amides is 1. The molecule has 31 heavy (non-hydrogen) atoms. The largest absolute Gasteiger partial charge is 0.321 e. The van der Waals surface area contributed by atoms with Crippen molar-refractivity contribution in [3.05, 3.63) is 81.3 Å². The van der Waals surface area contributed by atoms with Crippen LogP contribution in [0, 0.1) is 0 Å². The van der Waals surface area contributed by atoms with Gasteiger partial charge in [0.05, 0.1) is 12.0 Å². The normalized spacial score (nSPS) is 16.1. The minimum Gasteiger partial charge on any atom is -0.321 e. The summed E-state index contributed by atoms with van der Waals surface area (Å²) in [6.07, 6.45) is 1.58. The Bertz CT molecular complexity index is 1080. The molecule has 3 aromatic rings. The number of hydrogen-bond acceptors (Lipinski definition) is 5. The molecule has 2 heterocycles. The van der Waals surface area contributed by atoms with Gasteiger partial charge in [-0.05, 0) is 56.6 Å². The lowest BCUT2D eigenvalue weighted by molar-refractivity contribution is -0.124. The highest BCUT2D eigenvalue weighted by molar-refractivity contribution is 7.09. The van der Waals surface area contributed by atoms with Crippen LogP contribution >= 0.6 is 22.9 Å². The van der Waals surface area contributed by atoms with Crippen LogP contribution in [0.5, 0.6) is 0 Å². The van der Waals surface area contributed by atoms with E-state index >= 15 is 0 Å². The molecule has 1 fully saturated rings. The van der Waals surface area contributed by atoms with E-state index in [4.69, 9.17) is 11.6 Å². The van der Waals surface area contributed by atoms with Gasteiger partial charge in [0.2, 0.25) is 0 Å². The lowest BCUT2D eigenvalue weighted by Crippen LogP contribution is -2.46. The van der Waals surface area contributed by atoms with Crippen molar-refractivity contribution in [2.45, 2.75) is 31.7 Å². The maximum atomic E-state index is 12.6. The number of aromatic nitrogens is 1. The lowest BCUT2D eigenvalue weighted by atomic mass is 9.70. The SMILES string of the molecule is CC(=O)C1(c2ccccc2)CCN(Cc2nc(C(=O)Nc3cccc(Cl)c3)cs2)CC1. The van der Waals surface area contributed by atoms with Crippen LogP contribution in [0.4, 0.5) is 5.69 Å². The second kappa shape index (κ2) is 9.30. The molecule has 0 saturated carbocycles. The Morgan fingerprint density at radius 1 is 1.13 bits per heavy atom. The quantitative estimate of drug-likeness (QED) is 0.559. The Balaban J connectivity index is 1.38. The molecule has 2 aromatic carbocycles. The smallest absolute Gasteiger partial charge is 0.275 e. The summed E-state index contributed by atoms with van der Waals surface area (Å²) in [5, 5.41) is 6.07.